The van der Waals surface area contributed by atoms with Gasteiger partial charge in [0.15, 0.2) is 0 Å². The number of nitriles is 1. The molecule has 1 aromatic heterocycles. The van der Waals surface area contributed by atoms with E-state index >= 15 is 0 Å². The molecular formula is C18H18F2N4O2. The molecule has 2 aliphatic heterocycles. The van der Waals surface area contributed by atoms with Crippen LogP contribution in [0.4, 0.5) is 14.5 Å². The molecule has 26 heavy (non-hydrogen) atoms. The minimum Gasteiger partial charge on any atom is -0.435 e. The van der Waals surface area contributed by atoms with E-state index in [1.807, 2.05) is 0 Å². The van der Waals surface area contributed by atoms with E-state index in [-0.39, 0.29) is 17.9 Å². The van der Waals surface area contributed by atoms with Gasteiger partial charge in [-0.05, 0) is 25.2 Å². The van der Waals surface area contributed by atoms with E-state index in [2.05, 4.69) is 32.6 Å². The third-order valence-corrected chi connectivity index (χ3v) is 5.05. The molecule has 2 atom stereocenters. The van der Waals surface area contributed by atoms with Crippen LogP contribution in [0.5, 0.6) is 5.75 Å². The highest BCUT2D eigenvalue weighted by Gasteiger charge is 2.39. The van der Waals surface area contributed by atoms with Crippen molar-refractivity contribution < 1.29 is 18.3 Å². The van der Waals surface area contributed by atoms with Gasteiger partial charge in [-0.15, -0.1) is 0 Å². The Balaban J connectivity index is 1.78. The van der Waals surface area contributed by atoms with Crippen molar-refractivity contribution in [2.75, 3.05) is 38.2 Å². The lowest BCUT2D eigenvalue weighted by atomic mass is 10.1. The molecule has 0 amide bonds. The summed E-state index contributed by atoms with van der Waals surface area (Å²) in [4.78, 5) is 8.62. The van der Waals surface area contributed by atoms with E-state index in [1.165, 1.54) is 18.3 Å². The normalized spacial score (nSPS) is 23.3. The van der Waals surface area contributed by atoms with E-state index in [0.717, 1.165) is 6.54 Å². The zero-order chi connectivity index (χ0) is 18.3. The first kappa shape index (κ1) is 16.9. The number of benzene rings is 1. The first-order valence-electron chi connectivity index (χ1n) is 8.41. The molecule has 0 spiro atoms. The first-order valence-corrected chi connectivity index (χ1v) is 8.41. The molecule has 2 aliphatic rings. The van der Waals surface area contributed by atoms with Crippen LogP contribution in [0.3, 0.4) is 0 Å². The van der Waals surface area contributed by atoms with Crippen molar-refractivity contribution >= 4 is 16.6 Å². The van der Waals surface area contributed by atoms with Crippen LogP contribution < -0.4 is 9.64 Å². The molecule has 8 heteroatoms. The van der Waals surface area contributed by atoms with E-state index in [1.54, 1.807) is 6.07 Å². The fourth-order valence-electron chi connectivity index (χ4n) is 3.80. The third kappa shape index (κ3) is 2.93. The number of halogens is 2. The second kappa shape index (κ2) is 6.67. The summed E-state index contributed by atoms with van der Waals surface area (Å²) in [5.41, 5.74) is 1.74. The van der Waals surface area contributed by atoms with Gasteiger partial charge in [-0.2, -0.15) is 14.0 Å². The van der Waals surface area contributed by atoms with Crippen molar-refractivity contribution in [1.29, 1.82) is 5.26 Å². The molecule has 3 heterocycles. The zero-order valence-electron chi connectivity index (χ0n) is 14.2. The topological polar surface area (TPSA) is 61.6 Å². The number of likely N-dealkylation sites (N-methyl/N-ethyl adjacent to an activating group) is 1. The Morgan fingerprint density at radius 1 is 1.38 bits per heavy atom. The lowest BCUT2D eigenvalue weighted by Gasteiger charge is -2.33. The minimum absolute atomic E-state index is 0.0515. The van der Waals surface area contributed by atoms with Crippen molar-refractivity contribution in [3.63, 3.8) is 0 Å². The lowest BCUT2D eigenvalue weighted by molar-refractivity contribution is -0.0497. The largest absolute Gasteiger partial charge is 0.435 e. The maximum atomic E-state index is 12.6. The van der Waals surface area contributed by atoms with E-state index in [4.69, 9.17) is 4.74 Å². The molecule has 0 aliphatic carbocycles. The van der Waals surface area contributed by atoms with Crippen molar-refractivity contribution in [1.82, 2.24) is 9.88 Å². The summed E-state index contributed by atoms with van der Waals surface area (Å²) in [5.74, 6) is 0.0515. The van der Waals surface area contributed by atoms with Crippen LogP contribution in [-0.2, 0) is 4.74 Å². The summed E-state index contributed by atoms with van der Waals surface area (Å²) >= 11 is 0. The number of hydrogen-bond donors (Lipinski definition) is 0. The predicted molar refractivity (Wildman–Crippen MR) is 91.5 cm³/mol. The summed E-state index contributed by atoms with van der Waals surface area (Å²) < 4.78 is 35.6. The molecule has 6 nitrogen and oxygen atoms in total. The monoisotopic (exact) mass is 360 g/mol. The van der Waals surface area contributed by atoms with Gasteiger partial charge < -0.3 is 14.4 Å². The molecule has 0 saturated carbocycles. The van der Waals surface area contributed by atoms with Crippen LogP contribution in [0.2, 0.25) is 0 Å². The molecular weight excluding hydrogens is 342 g/mol. The van der Waals surface area contributed by atoms with Crippen molar-refractivity contribution in [3.05, 3.63) is 30.0 Å². The second-order valence-electron chi connectivity index (χ2n) is 6.55. The van der Waals surface area contributed by atoms with Crippen LogP contribution >= 0.6 is 0 Å². The number of anilines is 1. The van der Waals surface area contributed by atoms with Gasteiger partial charge in [0.25, 0.3) is 0 Å². The SMILES string of the molecule is CN1CCOC2CN(c3c(C#N)cnc4ccc(OC(F)F)cc34)CC21. The smallest absolute Gasteiger partial charge is 0.387 e. The fourth-order valence-corrected chi connectivity index (χ4v) is 3.80. The van der Waals surface area contributed by atoms with E-state index in [9.17, 15) is 14.0 Å². The van der Waals surface area contributed by atoms with Gasteiger partial charge in [0.05, 0.1) is 35.5 Å². The second-order valence-corrected chi connectivity index (χ2v) is 6.55. The Bertz CT molecular complexity index is 870. The number of hydrogen-bond acceptors (Lipinski definition) is 6. The van der Waals surface area contributed by atoms with E-state index in [0.29, 0.717) is 41.9 Å². The van der Waals surface area contributed by atoms with Crippen LogP contribution in [-0.4, -0.2) is 61.9 Å². The van der Waals surface area contributed by atoms with Gasteiger partial charge >= 0.3 is 6.61 Å². The Morgan fingerprint density at radius 2 is 2.23 bits per heavy atom. The Hall–Kier alpha value is -2.50. The number of alkyl halides is 2. The standard InChI is InChI=1S/C18H18F2N4O2/c1-23-4-5-25-16-10-24(9-15(16)23)17-11(7-21)8-22-14-3-2-12(6-13(14)17)26-18(19)20/h2-3,6,8,15-16,18H,4-5,9-10H2,1H3. The molecule has 2 saturated heterocycles. The highest BCUT2D eigenvalue weighted by molar-refractivity contribution is 5.95. The molecule has 2 fully saturated rings. The molecule has 0 radical (unpaired) electrons. The Morgan fingerprint density at radius 3 is 2.96 bits per heavy atom. The Labute approximate surface area is 149 Å². The highest BCUT2D eigenvalue weighted by Crippen LogP contribution is 2.36. The van der Waals surface area contributed by atoms with Gasteiger partial charge in [0.1, 0.15) is 11.8 Å². The average Bonchev–Trinajstić information content (AvgIpc) is 3.05. The van der Waals surface area contributed by atoms with Crippen LogP contribution in [0, 0.1) is 11.3 Å². The summed E-state index contributed by atoms with van der Waals surface area (Å²) in [6.45, 7) is -0.0129. The predicted octanol–water partition coefficient (Wildman–Crippen LogP) is 2.23. The molecule has 2 aromatic rings. The number of rotatable bonds is 3. The Kier molecular flexibility index (Phi) is 4.34. The number of ether oxygens (including phenoxy) is 2. The van der Waals surface area contributed by atoms with Gasteiger partial charge in [-0.1, -0.05) is 0 Å². The summed E-state index contributed by atoms with van der Waals surface area (Å²) in [6, 6.07) is 7.01. The molecule has 0 N–H and O–H groups in total. The molecule has 2 unspecified atom stereocenters. The first-order chi connectivity index (χ1) is 12.6. The maximum Gasteiger partial charge on any atom is 0.387 e. The number of pyridine rings is 1. The summed E-state index contributed by atoms with van der Waals surface area (Å²) in [7, 11) is 2.06. The molecule has 4 rings (SSSR count). The number of nitrogens with zero attached hydrogens (tertiary/aromatic N) is 4. The van der Waals surface area contributed by atoms with Gasteiger partial charge in [0, 0.05) is 31.2 Å². The number of morpholine rings is 1. The number of aromatic nitrogens is 1. The molecule has 1 aromatic carbocycles. The summed E-state index contributed by atoms with van der Waals surface area (Å²) in [6.07, 6.45) is 1.58. The third-order valence-electron chi connectivity index (χ3n) is 5.05. The van der Waals surface area contributed by atoms with Crippen molar-refractivity contribution in [3.8, 4) is 11.8 Å². The van der Waals surface area contributed by atoms with Crippen molar-refractivity contribution in [2.45, 2.75) is 18.8 Å². The summed E-state index contributed by atoms with van der Waals surface area (Å²) in [5, 5.41) is 10.2. The maximum absolute atomic E-state index is 12.6. The molecule has 136 valence electrons. The molecule has 0 bridgehead atoms. The van der Waals surface area contributed by atoms with Gasteiger partial charge in [0.2, 0.25) is 0 Å². The van der Waals surface area contributed by atoms with Gasteiger partial charge in [-0.25, -0.2) is 0 Å². The quantitative estimate of drug-likeness (QED) is 0.837. The average molecular weight is 360 g/mol. The minimum atomic E-state index is -2.90. The van der Waals surface area contributed by atoms with Gasteiger partial charge in [-0.3, -0.25) is 9.88 Å². The van der Waals surface area contributed by atoms with Crippen LogP contribution in [0.15, 0.2) is 24.4 Å². The van der Waals surface area contributed by atoms with Crippen LogP contribution in [0.1, 0.15) is 5.56 Å². The lowest BCUT2D eigenvalue weighted by Crippen LogP contribution is -2.48. The fraction of sp³-hybridized carbons (Fsp3) is 0.444. The zero-order valence-corrected chi connectivity index (χ0v) is 14.2. The van der Waals surface area contributed by atoms with Crippen LogP contribution in [0.25, 0.3) is 10.9 Å². The van der Waals surface area contributed by atoms with Crippen molar-refractivity contribution in [2.24, 2.45) is 0 Å². The highest BCUT2D eigenvalue weighted by atomic mass is 19.3. The number of fused-ring (bicyclic) bond motifs is 2. The van der Waals surface area contributed by atoms with E-state index < -0.39 is 6.61 Å².